The lowest BCUT2D eigenvalue weighted by Gasteiger charge is -2.30. The zero-order valence-corrected chi connectivity index (χ0v) is 22.6. The molecule has 1 aliphatic carbocycles. The van der Waals surface area contributed by atoms with Gasteiger partial charge in [-0.3, -0.25) is 14.4 Å². The van der Waals surface area contributed by atoms with Crippen LogP contribution in [0.2, 0.25) is 0 Å². The molecule has 1 aromatic heterocycles. The van der Waals surface area contributed by atoms with Gasteiger partial charge in [-0.1, -0.05) is 63.4 Å². The van der Waals surface area contributed by atoms with Gasteiger partial charge in [-0.15, -0.1) is 11.3 Å². The summed E-state index contributed by atoms with van der Waals surface area (Å²) in [5, 5.41) is 8.10. The number of aryl methyl sites for hydroxylation is 1. The monoisotopic (exact) mass is 512 g/mol. The molecule has 0 radical (unpaired) electrons. The average molecular weight is 513 g/mol. The number of carbonyl (C=O) groups is 3. The third-order valence-electron chi connectivity index (χ3n) is 6.44. The maximum Gasteiger partial charge on any atom is 0.245 e. The Kier molecular flexibility index (Phi) is 10.9. The van der Waals surface area contributed by atoms with Crippen molar-refractivity contribution in [2.75, 3.05) is 18.4 Å². The quantitative estimate of drug-likeness (QED) is 0.426. The normalized spacial score (nSPS) is 14.9. The van der Waals surface area contributed by atoms with Gasteiger partial charge in [0, 0.05) is 23.9 Å². The van der Waals surface area contributed by atoms with Crippen LogP contribution in [-0.2, 0) is 27.2 Å². The van der Waals surface area contributed by atoms with Crippen LogP contribution < -0.4 is 10.6 Å². The van der Waals surface area contributed by atoms with Crippen molar-refractivity contribution < 1.29 is 14.4 Å². The number of carbonyl (C=O) groups excluding carboxylic acids is 3. The zero-order chi connectivity index (χ0) is 25.9. The minimum Gasteiger partial charge on any atom is -0.353 e. The van der Waals surface area contributed by atoms with Gasteiger partial charge in [-0.25, -0.2) is 4.98 Å². The van der Waals surface area contributed by atoms with Crippen LogP contribution in [0.3, 0.4) is 0 Å². The second-order valence-corrected chi connectivity index (χ2v) is 11.2. The van der Waals surface area contributed by atoms with Gasteiger partial charge >= 0.3 is 0 Å². The second kappa shape index (κ2) is 14.1. The fourth-order valence-corrected chi connectivity index (χ4v) is 5.38. The molecule has 3 rings (SSSR count). The summed E-state index contributed by atoms with van der Waals surface area (Å²) in [4.78, 5) is 44.4. The lowest BCUT2D eigenvalue weighted by Crippen LogP contribution is -2.43. The highest BCUT2D eigenvalue weighted by Gasteiger charge is 2.28. The van der Waals surface area contributed by atoms with E-state index in [0.717, 1.165) is 38.5 Å². The lowest BCUT2D eigenvalue weighted by molar-refractivity contribution is -0.139. The van der Waals surface area contributed by atoms with Crippen LogP contribution in [0.4, 0.5) is 5.13 Å². The first-order chi connectivity index (χ1) is 17.3. The van der Waals surface area contributed by atoms with Crippen molar-refractivity contribution in [1.29, 1.82) is 0 Å². The first-order valence-corrected chi connectivity index (χ1v) is 14.0. The molecule has 1 heterocycles. The fraction of sp³-hybridized carbons (Fsp3) is 0.571. The molecule has 1 unspecified atom stereocenters. The van der Waals surface area contributed by atoms with E-state index in [2.05, 4.69) is 41.6 Å². The molecule has 3 amide bonds. The number of nitrogens with zero attached hydrogens (tertiary/aromatic N) is 2. The van der Waals surface area contributed by atoms with Crippen molar-refractivity contribution in [1.82, 2.24) is 15.2 Å². The molecular formula is C28H40N4O3S. The third-order valence-corrected chi connectivity index (χ3v) is 7.25. The van der Waals surface area contributed by atoms with E-state index in [-0.39, 0.29) is 48.6 Å². The van der Waals surface area contributed by atoms with Crippen molar-refractivity contribution in [3.8, 4) is 0 Å². The Balaban J connectivity index is 1.45. The molecule has 1 aromatic carbocycles. The Morgan fingerprint density at radius 1 is 1.06 bits per heavy atom. The van der Waals surface area contributed by atoms with Gasteiger partial charge in [0.2, 0.25) is 17.7 Å². The zero-order valence-electron chi connectivity index (χ0n) is 21.8. The fourth-order valence-electron chi connectivity index (χ4n) is 4.65. The molecule has 2 aromatic rings. The third kappa shape index (κ3) is 9.37. The van der Waals surface area contributed by atoms with E-state index < -0.39 is 0 Å². The summed E-state index contributed by atoms with van der Waals surface area (Å²) in [6.45, 7) is 6.71. The number of rotatable bonds is 12. The van der Waals surface area contributed by atoms with Crippen molar-refractivity contribution in [3.63, 3.8) is 0 Å². The lowest BCUT2D eigenvalue weighted by atomic mass is 9.88. The number of nitrogens with one attached hydrogen (secondary N) is 2. The number of anilines is 1. The van der Waals surface area contributed by atoms with E-state index in [1.165, 1.54) is 23.3 Å². The number of hydrogen-bond donors (Lipinski definition) is 2. The van der Waals surface area contributed by atoms with Gasteiger partial charge in [0.05, 0.1) is 18.7 Å². The number of aromatic nitrogens is 1. The number of thiazole rings is 1. The molecule has 1 fully saturated rings. The maximum atomic E-state index is 13.1. The van der Waals surface area contributed by atoms with Crippen LogP contribution in [0.25, 0.3) is 0 Å². The van der Waals surface area contributed by atoms with E-state index in [9.17, 15) is 14.4 Å². The van der Waals surface area contributed by atoms with Crippen molar-refractivity contribution in [2.45, 2.75) is 78.2 Å². The summed E-state index contributed by atoms with van der Waals surface area (Å²) in [5.41, 5.74) is 1.88. The summed E-state index contributed by atoms with van der Waals surface area (Å²) in [7, 11) is 0. The summed E-state index contributed by atoms with van der Waals surface area (Å²) >= 11 is 1.30. The van der Waals surface area contributed by atoms with E-state index in [1.54, 1.807) is 10.3 Å². The Morgan fingerprint density at radius 3 is 2.47 bits per heavy atom. The van der Waals surface area contributed by atoms with Crippen molar-refractivity contribution >= 4 is 34.2 Å². The van der Waals surface area contributed by atoms with Gasteiger partial charge in [-0.05, 0) is 44.1 Å². The molecule has 36 heavy (non-hydrogen) atoms. The number of benzene rings is 1. The molecular weight excluding hydrogens is 472 g/mol. The highest BCUT2D eigenvalue weighted by atomic mass is 32.1. The molecule has 0 spiro atoms. The topological polar surface area (TPSA) is 91.4 Å². The van der Waals surface area contributed by atoms with Crippen molar-refractivity contribution in [3.05, 3.63) is 47.0 Å². The predicted octanol–water partition coefficient (Wildman–Crippen LogP) is 4.83. The van der Waals surface area contributed by atoms with Gasteiger partial charge < -0.3 is 15.5 Å². The van der Waals surface area contributed by atoms with Gasteiger partial charge in [-0.2, -0.15) is 0 Å². The predicted molar refractivity (Wildman–Crippen MR) is 145 cm³/mol. The highest BCUT2D eigenvalue weighted by molar-refractivity contribution is 7.13. The Bertz CT molecular complexity index is 986. The Morgan fingerprint density at radius 2 is 1.78 bits per heavy atom. The van der Waals surface area contributed by atoms with Crippen LogP contribution in [0, 0.1) is 11.8 Å². The van der Waals surface area contributed by atoms with Gasteiger partial charge in [0.1, 0.15) is 0 Å². The van der Waals surface area contributed by atoms with Crippen LogP contribution in [-0.4, -0.2) is 46.7 Å². The maximum absolute atomic E-state index is 13.1. The Hall–Kier alpha value is -2.74. The van der Waals surface area contributed by atoms with Crippen LogP contribution in [0.5, 0.6) is 0 Å². The molecule has 7 nitrogen and oxygen atoms in total. The molecule has 2 N–H and O–H groups in total. The summed E-state index contributed by atoms with van der Waals surface area (Å²) in [5.74, 6) is 0.0758. The standard InChI is InChI=1S/C28H40N4O3S/c1-20(2)17-32(27(35)23-12-8-5-9-13-23)18-26(34)31-28-30-24(19-36-28)16-25(33)29-21(3)14-15-22-10-6-4-7-11-22/h4,6-7,10-11,19-21,23H,5,8-9,12-18H2,1-3H3,(H,29,33)(H,30,31,34). The van der Waals surface area contributed by atoms with E-state index in [0.29, 0.717) is 17.4 Å². The molecule has 0 bridgehead atoms. The minimum atomic E-state index is -0.250. The number of amides is 3. The smallest absolute Gasteiger partial charge is 0.245 e. The SMILES string of the molecule is CC(C)CN(CC(=O)Nc1nc(CC(=O)NC(C)CCc2ccccc2)cs1)C(=O)C1CCCCC1. The molecule has 1 aliphatic rings. The summed E-state index contributed by atoms with van der Waals surface area (Å²) in [6.07, 6.45) is 7.12. The molecule has 0 aliphatic heterocycles. The highest BCUT2D eigenvalue weighted by Crippen LogP contribution is 2.26. The Labute approximate surface area is 219 Å². The van der Waals surface area contributed by atoms with Gasteiger partial charge in [0.15, 0.2) is 5.13 Å². The van der Waals surface area contributed by atoms with E-state index in [1.807, 2.05) is 25.1 Å². The first kappa shape index (κ1) is 27.8. The number of hydrogen-bond acceptors (Lipinski definition) is 5. The minimum absolute atomic E-state index is 0.0296. The molecule has 8 heteroatoms. The largest absolute Gasteiger partial charge is 0.353 e. The molecule has 1 atom stereocenters. The van der Waals surface area contributed by atoms with Crippen LogP contribution >= 0.6 is 11.3 Å². The summed E-state index contributed by atoms with van der Waals surface area (Å²) < 4.78 is 0. The second-order valence-electron chi connectivity index (χ2n) is 10.3. The van der Waals surface area contributed by atoms with E-state index in [4.69, 9.17) is 0 Å². The molecule has 1 saturated carbocycles. The molecule has 0 saturated heterocycles. The molecule has 196 valence electrons. The van der Waals surface area contributed by atoms with E-state index >= 15 is 0 Å². The van der Waals surface area contributed by atoms with Gasteiger partial charge in [0.25, 0.3) is 0 Å². The first-order valence-electron chi connectivity index (χ1n) is 13.2. The van der Waals surface area contributed by atoms with Crippen molar-refractivity contribution in [2.24, 2.45) is 11.8 Å². The van der Waals surface area contributed by atoms with Crippen LogP contribution in [0.15, 0.2) is 35.7 Å². The summed E-state index contributed by atoms with van der Waals surface area (Å²) in [6, 6.07) is 10.3. The average Bonchev–Trinajstić information content (AvgIpc) is 3.28. The van der Waals surface area contributed by atoms with Crippen LogP contribution in [0.1, 0.15) is 70.6 Å².